The van der Waals surface area contributed by atoms with E-state index in [-0.39, 0.29) is 0 Å². The molecule has 26 aromatic rings. The molecule has 130 heavy (non-hydrogen) atoms. The predicted octanol–water partition coefficient (Wildman–Crippen LogP) is 33.0. The van der Waals surface area contributed by atoms with Crippen LogP contribution in [0, 0.1) is 0 Å². The van der Waals surface area contributed by atoms with Crippen LogP contribution in [0.15, 0.2) is 473 Å². The number of aromatic nitrogens is 6. The summed E-state index contributed by atoms with van der Waals surface area (Å²) in [5.41, 5.74) is 33.6. The first kappa shape index (κ1) is 75.2. The Hall–Kier alpha value is -17.3. The van der Waals surface area contributed by atoms with Gasteiger partial charge in [0.05, 0.1) is 67.9 Å². The van der Waals surface area contributed by atoms with Crippen LogP contribution < -0.4 is 0 Å². The average molecular weight is 1650 g/mol. The molecule has 0 atom stereocenters. The fourth-order valence-electron chi connectivity index (χ4n) is 20.1. The van der Waals surface area contributed by atoms with Crippen LogP contribution in [0.25, 0.3) is 253 Å². The molecule has 0 saturated carbocycles. The lowest BCUT2D eigenvalue weighted by atomic mass is 9.96. The van der Waals surface area contributed by atoms with Crippen LogP contribution in [0.1, 0.15) is 0 Å². The molecule has 0 amide bonds. The molecule has 4 aromatic heterocycles. The van der Waals surface area contributed by atoms with Crippen LogP contribution in [0.2, 0.25) is 0 Å². The zero-order chi connectivity index (χ0) is 85.7. The molecule has 604 valence electrons. The van der Waals surface area contributed by atoms with E-state index in [1.165, 1.54) is 142 Å². The first-order chi connectivity index (χ1) is 64.4. The Balaban J connectivity index is 0.000000140. The number of hydrogen-bond donors (Lipinski definition) is 0. The largest absolute Gasteiger partial charge is 0.309 e. The molecule has 6 nitrogen and oxygen atoms in total. The average Bonchev–Trinajstić information content (AvgIpc) is 1.74. The van der Waals surface area contributed by atoms with Crippen molar-refractivity contribution in [3.8, 4) is 123 Å². The van der Waals surface area contributed by atoms with Gasteiger partial charge in [-0.05, 0) is 211 Å². The van der Waals surface area contributed by atoms with E-state index >= 15 is 0 Å². The lowest BCUT2D eigenvalue weighted by Crippen LogP contribution is -1.94. The van der Waals surface area contributed by atoms with Crippen molar-refractivity contribution in [3.05, 3.63) is 473 Å². The number of para-hydroxylation sites is 2. The van der Waals surface area contributed by atoms with Crippen LogP contribution in [0.3, 0.4) is 0 Å². The van der Waals surface area contributed by atoms with Crippen LogP contribution in [0.4, 0.5) is 0 Å². The van der Waals surface area contributed by atoms with E-state index in [2.05, 4.69) is 470 Å². The zero-order valence-electron chi connectivity index (χ0n) is 70.7. The molecule has 0 radical (unpaired) electrons. The van der Waals surface area contributed by atoms with Gasteiger partial charge in [0.2, 0.25) is 0 Å². The molecule has 6 heteroatoms. The zero-order valence-corrected chi connectivity index (χ0v) is 70.7. The van der Waals surface area contributed by atoms with E-state index in [0.29, 0.717) is 0 Å². The molecule has 0 N–H and O–H groups in total. The number of fused-ring (bicyclic) bond motifs is 20. The van der Waals surface area contributed by atoms with Crippen molar-refractivity contribution < 1.29 is 0 Å². The molecular weight excluding hydrogens is 1570 g/mol. The Kier molecular flexibility index (Phi) is 18.2. The minimum absolute atomic E-state index is 0.858. The minimum Gasteiger partial charge on any atom is -0.309 e. The Morgan fingerprint density at radius 3 is 0.838 bits per heavy atom. The van der Waals surface area contributed by atoms with Crippen molar-refractivity contribution in [3.63, 3.8) is 0 Å². The smallest absolute Gasteiger partial charge is 0.0979 e. The van der Waals surface area contributed by atoms with Crippen molar-refractivity contribution in [1.82, 2.24) is 29.1 Å². The molecule has 26 rings (SSSR count). The van der Waals surface area contributed by atoms with E-state index in [1.54, 1.807) is 0 Å². The van der Waals surface area contributed by atoms with Gasteiger partial charge in [0, 0.05) is 65.6 Å². The van der Waals surface area contributed by atoms with Gasteiger partial charge in [0.15, 0.2) is 0 Å². The second kappa shape index (κ2) is 31.4. The highest BCUT2D eigenvalue weighted by molar-refractivity contribution is 6.25. The minimum atomic E-state index is 0.858. The molecule has 4 heterocycles. The van der Waals surface area contributed by atoms with Crippen molar-refractivity contribution in [2.24, 2.45) is 0 Å². The van der Waals surface area contributed by atoms with Crippen molar-refractivity contribution in [2.75, 3.05) is 0 Å². The van der Waals surface area contributed by atoms with Gasteiger partial charge in [-0.25, -0.2) is 9.97 Å². The van der Waals surface area contributed by atoms with Crippen LogP contribution in [0.5, 0.6) is 0 Å². The van der Waals surface area contributed by atoms with Gasteiger partial charge in [-0.2, -0.15) is 0 Å². The third-order valence-electron chi connectivity index (χ3n) is 26.5. The lowest BCUT2D eigenvalue weighted by Gasteiger charge is -2.12. The molecule has 0 fully saturated rings. The SMILES string of the molecule is c1cc(-c2ccc(-c3ccc(-n4c5ccccc5c5cc(-c6ccc(-c7cccc8ccccc78)cc6)ccc54)cc3)cc2)cc(-c2cnc3c4ccccc4c4ccccc4c3n2)c1.c1cc(-c2cccc(-c3cnc4c5ccccc5c5ccccc5c4n3)c2)cc(-c2cccc(-n3c4ccccc4c4cc(-c5ccc(-c6cccc7ccccc67)cc5)ccc43)c2)c1. The molecule has 0 spiro atoms. The van der Waals surface area contributed by atoms with E-state index in [9.17, 15) is 0 Å². The maximum Gasteiger partial charge on any atom is 0.0979 e. The first-order valence-electron chi connectivity index (χ1n) is 44.4. The number of hydrogen-bond acceptors (Lipinski definition) is 4. The monoisotopic (exact) mass is 1650 g/mol. The maximum atomic E-state index is 5.28. The van der Waals surface area contributed by atoms with Crippen LogP contribution in [-0.2, 0) is 0 Å². The summed E-state index contributed by atoms with van der Waals surface area (Å²) in [7, 11) is 0. The fraction of sp³-hybridized carbons (Fsp3) is 0. The highest BCUT2D eigenvalue weighted by atomic mass is 15.0. The topological polar surface area (TPSA) is 61.4 Å². The van der Waals surface area contributed by atoms with E-state index in [4.69, 9.17) is 19.9 Å². The number of nitrogens with zero attached hydrogens (tertiary/aromatic N) is 6. The Morgan fingerprint density at radius 1 is 0.146 bits per heavy atom. The fourth-order valence-corrected chi connectivity index (χ4v) is 20.1. The molecule has 0 saturated heterocycles. The van der Waals surface area contributed by atoms with Crippen molar-refractivity contribution >= 4 is 130 Å². The van der Waals surface area contributed by atoms with Gasteiger partial charge in [-0.15, -0.1) is 0 Å². The van der Waals surface area contributed by atoms with Crippen LogP contribution in [-0.4, -0.2) is 29.1 Å². The number of rotatable bonds is 12. The van der Waals surface area contributed by atoms with Gasteiger partial charge in [-0.3, -0.25) is 9.97 Å². The van der Waals surface area contributed by atoms with Gasteiger partial charge in [-0.1, -0.05) is 382 Å². The summed E-state index contributed by atoms with van der Waals surface area (Å²) in [5.74, 6) is 0. The molecule has 0 unspecified atom stereocenters. The molecule has 0 aliphatic heterocycles. The summed E-state index contributed by atoms with van der Waals surface area (Å²) in [6.45, 7) is 0. The Morgan fingerprint density at radius 2 is 0.415 bits per heavy atom. The molecular formula is C124H78N6. The normalized spacial score (nSPS) is 11.7. The lowest BCUT2D eigenvalue weighted by molar-refractivity contribution is 1.18. The van der Waals surface area contributed by atoms with Crippen molar-refractivity contribution in [1.29, 1.82) is 0 Å². The standard InChI is InChI=1S/2C62H39N3/c1-2-21-50-41(13-1)14-12-27-51(50)42-31-29-40(30-32-42)47-33-34-60-57(38-47)54-24-7-8-28-59(54)65(60)49-20-11-18-46(37-49)44-16-9-15-43(35-44)45-17-10-19-48(36-45)58-39-63-61-55-25-5-3-22-52(55)53-23-4-6-26-56(53)62(61)64-58;1-2-15-50-44(11-1)12-10-21-51(50)45-29-27-43(28-30-45)47-33-36-60-57(38-47)54-18-7-8-22-59(54)65(60)49-34-31-41(32-35-49)40-23-25-42(26-24-40)46-13-9-14-48(37-46)58-39-63-61-55-19-5-3-16-52(55)53-17-4-6-20-56(53)62(61)64-58/h2*1-39H. The highest BCUT2D eigenvalue weighted by Gasteiger charge is 2.21. The summed E-state index contributed by atoms with van der Waals surface area (Å²) in [6.07, 6.45) is 3.84. The summed E-state index contributed by atoms with van der Waals surface area (Å²) in [6, 6.07) is 167. The third-order valence-corrected chi connectivity index (χ3v) is 26.5. The van der Waals surface area contributed by atoms with Gasteiger partial charge >= 0.3 is 0 Å². The third kappa shape index (κ3) is 13.1. The summed E-state index contributed by atoms with van der Waals surface area (Å²) < 4.78 is 4.80. The van der Waals surface area contributed by atoms with Gasteiger partial charge in [0.1, 0.15) is 0 Å². The quantitative estimate of drug-likeness (QED) is 0.114. The summed E-state index contributed by atoms with van der Waals surface area (Å²) in [5, 5.41) is 19.3. The van der Waals surface area contributed by atoms with E-state index in [1.807, 2.05) is 12.4 Å². The summed E-state index contributed by atoms with van der Waals surface area (Å²) in [4.78, 5) is 20.6. The Labute approximate surface area is 750 Å². The van der Waals surface area contributed by atoms with E-state index < -0.39 is 0 Å². The van der Waals surface area contributed by atoms with Crippen LogP contribution >= 0.6 is 0 Å². The van der Waals surface area contributed by atoms with E-state index in [0.717, 1.165) is 111 Å². The molecule has 0 aliphatic carbocycles. The maximum absolute atomic E-state index is 5.28. The second-order valence-corrected chi connectivity index (χ2v) is 33.9. The highest BCUT2D eigenvalue weighted by Crippen LogP contribution is 2.44. The molecule has 0 aliphatic rings. The van der Waals surface area contributed by atoms with Gasteiger partial charge < -0.3 is 9.13 Å². The summed E-state index contributed by atoms with van der Waals surface area (Å²) >= 11 is 0. The second-order valence-electron chi connectivity index (χ2n) is 33.9. The van der Waals surface area contributed by atoms with Gasteiger partial charge in [0.25, 0.3) is 0 Å². The van der Waals surface area contributed by atoms with Crippen molar-refractivity contribution in [2.45, 2.75) is 0 Å². The predicted molar refractivity (Wildman–Crippen MR) is 547 cm³/mol. The Bertz CT molecular complexity index is 8950. The number of benzene rings is 22. The molecule has 0 bridgehead atoms. The molecule has 22 aromatic carbocycles. The first-order valence-corrected chi connectivity index (χ1v) is 44.4.